The third-order valence-electron chi connectivity index (χ3n) is 3.06. The molecule has 10 nitrogen and oxygen atoms in total. The van der Waals surface area contributed by atoms with E-state index in [4.69, 9.17) is 4.74 Å². The van der Waals surface area contributed by atoms with Gasteiger partial charge in [0.15, 0.2) is 0 Å². The number of nitrogens with zero attached hydrogens (tertiary/aromatic N) is 1. The van der Waals surface area contributed by atoms with Crippen molar-refractivity contribution < 1.29 is 73.5 Å². The average molecular weight is 536 g/mol. The van der Waals surface area contributed by atoms with Crippen LogP contribution < -0.4 is 21.0 Å². The van der Waals surface area contributed by atoms with Crippen molar-refractivity contribution in [1.29, 1.82) is 0 Å². The summed E-state index contributed by atoms with van der Waals surface area (Å²) in [5.41, 5.74) is -0.980. The van der Waals surface area contributed by atoms with Crippen LogP contribution in [0.25, 0.3) is 0 Å². The summed E-state index contributed by atoms with van der Waals surface area (Å²) in [6.07, 6.45) is -1.81. The van der Waals surface area contributed by atoms with Crippen LogP contribution >= 0.6 is 7.82 Å². The first kappa shape index (κ1) is 23.2. The van der Waals surface area contributed by atoms with Gasteiger partial charge in [-0.25, -0.2) is 4.79 Å². The minimum atomic E-state index is -5.17. The SMILES string of the molecule is Cc1cn([C@H]2C[C@H](O)[C@@H](COP(=O)([O-])[O-])O2)c(=O)[nH]c1=O.[Ag+].[Ag+]. The number of aromatic nitrogens is 2. The van der Waals surface area contributed by atoms with Crippen LogP contribution in [-0.2, 0) is 58.6 Å². The molecule has 138 valence electrons. The van der Waals surface area contributed by atoms with Gasteiger partial charge >= 0.3 is 50.5 Å². The number of rotatable bonds is 4. The molecule has 3 atom stereocenters. The van der Waals surface area contributed by atoms with Crippen molar-refractivity contribution in [3.63, 3.8) is 0 Å². The Bertz CT molecular complexity index is 686. The van der Waals surface area contributed by atoms with Gasteiger partial charge in [-0.2, -0.15) is 0 Å². The number of phosphoric acid groups is 1. The molecule has 0 spiro atoms. The van der Waals surface area contributed by atoms with Gasteiger partial charge in [-0.15, -0.1) is 0 Å². The molecule has 1 aromatic heterocycles. The van der Waals surface area contributed by atoms with Gasteiger partial charge < -0.3 is 28.7 Å². The molecular weight excluding hydrogens is 523 g/mol. The van der Waals surface area contributed by atoms with E-state index in [2.05, 4.69) is 9.51 Å². The number of nitrogens with one attached hydrogen (secondary N) is 1. The molecule has 0 amide bonds. The van der Waals surface area contributed by atoms with Crippen molar-refractivity contribution in [1.82, 2.24) is 9.55 Å². The number of aromatic amines is 1. The van der Waals surface area contributed by atoms with Gasteiger partial charge in [0.25, 0.3) is 5.56 Å². The van der Waals surface area contributed by atoms with E-state index in [0.29, 0.717) is 0 Å². The Balaban J connectivity index is 0.00000242. The maximum atomic E-state index is 11.7. The van der Waals surface area contributed by atoms with E-state index in [-0.39, 0.29) is 56.7 Å². The standard InChI is InChI=1S/C10H15N2O8P.2Ag/c1-5-3-12(10(15)11-9(5)14)8-2-6(13)7(20-8)4-19-21(16,17)18;;/h3,6-8,13H,2,4H2,1H3,(H,11,14,15)(H2,16,17,18);;/q;2*+1/p-2/t6-,7+,8+;;/m0../s1. The van der Waals surface area contributed by atoms with Crippen LogP contribution in [0.5, 0.6) is 0 Å². The van der Waals surface area contributed by atoms with Crippen molar-refractivity contribution in [2.75, 3.05) is 6.61 Å². The van der Waals surface area contributed by atoms with Crippen LogP contribution in [0.3, 0.4) is 0 Å². The molecule has 2 rings (SSSR count). The van der Waals surface area contributed by atoms with Gasteiger partial charge in [0.1, 0.15) is 12.3 Å². The monoisotopic (exact) mass is 534 g/mol. The zero-order valence-corrected chi connectivity index (χ0v) is 15.4. The minimum Gasteiger partial charge on any atom is -0.790 e. The number of phosphoric ester groups is 1. The van der Waals surface area contributed by atoms with E-state index in [0.717, 1.165) is 4.57 Å². The molecule has 0 unspecified atom stereocenters. The van der Waals surface area contributed by atoms with E-state index in [1.807, 2.05) is 0 Å². The van der Waals surface area contributed by atoms with Crippen LogP contribution in [0.15, 0.2) is 15.8 Å². The predicted octanol–water partition coefficient (Wildman–Crippen LogP) is -2.67. The van der Waals surface area contributed by atoms with Crippen LogP contribution in [0, 0.1) is 6.92 Å². The summed E-state index contributed by atoms with van der Waals surface area (Å²) in [4.78, 5) is 45.8. The van der Waals surface area contributed by atoms with Gasteiger partial charge in [0, 0.05) is 18.2 Å². The van der Waals surface area contributed by atoms with E-state index >= 15 is 0 Å². The summed E-state index contributed by atoms with van der Waals surface area (Å²) in [7, 11) is -5.17. The van der Waals surface area contributed by atoms with Crippen molar-refractivity contribution in [3.8, 4) is 0 Å². The molecule has 1 saturated heterocycles. The maximum Gasteiger partial charge on any atom is 1.00 e. The molecule has 23 heavy (non-hydrogen) atoms. The average Bonchev–Trinajstić information content (AvgIpc) is 2.72. The summed E-state index contributed by atoms with van der Waals surface area (Å²) < 4.78 is 20.8. The number of aryl methyl sites for hydroxylation is 1. The molecule has 0 aliphatic carbocycles. The normalized spacial score (nSPS) is 23.9. The zero-order chi connectivity index (χ0) is 15.8. The van der Waals surface area contributed by atoms with Crippen LogP contribution in [0.4, 0.5) is 0 Å². The van der Waals surface area contributed by atoms with E-state index in [1.54, 1.807) is 0 Å². The van der Waals surface area contributed by atoms with Crippen molar-refractivity contribution >= 4 is 7.82 Å². The minimum absolute atomic E-state index is 0. The van der Waals surface area contributed by atoms with E-state index in [1.165, 1.54) is 13.1 Å². The zero-order valence-electron chi connectivity index (χ0n) is 11.5. The second-order valence-corrected chi connectivity index (χ2v) is 5.81. The summed E-state index contributed by atoms with van der Waals surface area (Å²) in [6, 6.07) is 0. The van der Waals surface area contributed by atoms with Crippen molar-refractivity contribution in [2.24, 2.45) is 0 Å². The Labute approximate surface area is 161 Å². The fraction of sp³-hybridized carbons (Fsp3) is 0.600. The number of hydrogen-bond acceptors (Lipinski definition) is 8. The first-order valence-corrected chi connectivity index (χ1v) is 7.45. The van der Waals surface area contributed by atoms with Crippen LogP contribution in [0.2, 0.25) is 0 Å². The summed E-state index contributed by atoms with van der Waals surface area (Å²) in [6.45, 7) is 0.852. The molecule has 0 radical (unpaired) electrons. The number of hydrogen-bond donors (Lipinski definition) is 2. The molecule has 2 N–H and O–H groups in total. The summed E-state index contributed by atoms with van der Waals surface area (Å²) >= 11 is 0. The molecule has 1 aliphatic heterocycles. The fourth-order valence-corrected chi connectivity index (χ4v) is 2.33. The quantitative estimate of drug-likeness (QED) is 0.312. The summed E-state index contributed by atoms with van der Waals surface area (Å²) in [5.74, 6) is 0. The second kappa shape index (κ2) is 9.05. The van der Waals surface area contributed by atoms with Gasteiger partial charge in [-0.3, -0.25) is 14.3 Å². The number of aliphatic hydroxyl groups excluding tert-OH is 1. The summed E-state index contributed by atoms with van der Waals surface area (Å²) in [5, 5.41) is 9.75. The van der Waals surface area contributed by atoms with Crippen LogP contribution in [-0.4, -0.2) is 33.5 Å². The Morgan fingerprint density at radius 3 is 2.65 bits per heavy atom. The number of aliphatic hydroxyl groups is 1. The smallest absolute Gasteiger partial charge is 0.790 e. The first-order chi connectivity index (χ1) is 9.67. The topological polar surface area (TPSA) is 157 Å². The van der Waals surface area contributed by atoms with Crippen LogP contribution in [0.1, 0.15) is 18.2 Å². The Hall–Kier alpha value is 0.191. The third kappa shape index (κ3) is 6.20. The number of H-pyrrole nitrogens is 1. The molecule has 1 aliphatic rings. The molecule has 13 heteroatoms. The number of ether oxygens (including phenoxy) is 1. The predicted molar refractivity (Wildman–Crippen MR) is 64.2 cm³/mol. The Kier molecular flexibility index (Phi) is 9.12. The van der Waals surface area contributed by atoms with E-state index < -0.39 is 44.1 Å². The van der Waals surface area contributed by atoms with Gasteiger partial charge in [-0.1, -0.05) is 0 Å². The molecule has 0 aromatic carbocycles. The second-order valence-electron chi connectivity index (χ2n) is 4.65. The molecule has 1 aromatic rings. The maximum absolute atomic E-state index is 11.7. The van der Waals surface area contributed by atoms with Gasteiger partial charge in [0.05, 0.1) is 20.5 Å². The molecule has 0 saturated carbocycles. The van der Waals surface area contributed by atoms with Crippen molar-refractivity contribution in [2.45, 2.75) is 31.8 Å². The van der Waals surface area contributed by atoms with Gasteiger partial charge in [-0.05, 0) is 6.92 Å². The Morgan fingerprint density at radius 1 is 1.48 bits per heavy atom. The third-order valence-corrected chi connectivity index (χ3v) is 3.52. The molecule has 1 fully saturated rings. The van der Waals surface area contributed by atoms with Gasteiger partial charge in [0.2, 0.25) is 0 Å². The van der Waals surface area contributed by atoms with E-state index in [9.17, 15) is 29.0 Å². The largest absolute Gasteiger partial charge is 1.00 e. The fourth-order valence-electron chi connectivity index (χ4n) is 2.00. The molecular formula is C10H13Ag2N2O8P. The first-order valence-electron chi connectivity index (χ1n) is 5.99. The Morgan fingerprint density at radius 2 is 2.09 bits per heavy atom. The van der Waals surface area contributed by atoms with Crippen molar-refractivity contribution in [3.05, 3.63) is 32.6 Å². The molecule has 0 bridgehead atoms. The molecule has 2 heterocycles.